The molecule has 35 heavy (non-hydrogen) atoms. The lowest BCUT2D eigenvalue weighted by molar-refractivity contribution is -0.132. The molecule has 182 valence electrons. The van der Waals surface area contributed by atoms with E-state index >= 15 is 0 Å². The monoisotopic (exact) mass is 473 g/mol. The second-order valence-electron chi connectivity index (χ2n) is 9.85. The lowest BCUT2D eigenvalue weighted by Crippen LogP contribution is -2.46. The van der Waals surface area contributed by atoms with E-state index in [1.807, 2.05) is 52.3 Å². The third-order valence-corrected chi connectivity index (χ3v) is 5.90. The molecule has 1 aromatic carbocycles. The van der Waals surface area contributed by atoms with Crippen LogP contribution in [0.3, 0.4) is 0 Å². The number of carbonyl (C=O) groups is 1. The largest absolute Gasteiger partial charge is 0.436 e. The summed E-state index contributed by atoms with van der Waals surface area (Å²) in [4.78, 5) is 23.8. The molecule has 9 heteroatoms. The highest BCUT2D eigenvalue weighted by molar-refractivity contribution is 5.81. The quantitative estimate of drug-likeness (QED) is 0.439. The highest BCUT2D eigenvalue weighted by Crippen LogP contribution is 2.33. The SMILES string of the molecule is CC(C)(C)Nc1ncc(-c2cnn(CCC(=O)N3CCNCC3)c2)cc1-c1nc2ccccc2o1. The van der Waals surface area contributed by atoms with E-state index in [9.17, 15) is 4.79 Å². The Morgan fingerprint density at radius 2 is 1.94 bits per heavy atom. The molecule has 9 nitrogen and oxygen atoms in total. The van der Waals surface area contributed by atoms with Crippen molar-refractivity contribution in [3.05, 3.63) is 48.9 Å². The van der Waals surface area contributed by atoms with Crippen molar-refractivity contribution in [2.75, 3.05) is 31.5 Å². The minimum absolute atomic E-state index is 0.168. The van der Waals surface area contributed by atoms with Gasteiger partial charge in [0.05, 0.1) is 11.8 Å². The van der Waals surface area contributed by atoms with Crippen LogP contribution in [0.25, 0.3) is 33.7 Å². The van der Waals surface area contributed by atoms with E-state index in [0.29, 0.717) is 24.7 Å². The van der Waals surface area contributed by atoms with Crippen LogP contribution in [0.1, 0.15) is 27.2 Å². The number of piperazine rings is 1. The van der Waals surface area contributed by atoms with Crippen molar-refractivity contribution in [3.63, 3.8) is 0 Å². The summed E-state index contributed by atoms with van der Waals surface area (Å²) in [5.41, 5.74) is 3.97. The molecule has 0 unspecified atom stereocenters. The van der Waals surface area contributed by atoms with Crippen LogP contribution >= 0.6 is 0 Å². The summed E-state index contributed by atoms with van der Waals surface area (Å²) in [6.45, 7) is 10.0. The molecule has 1 aliphatic rings. The van der Waals surface area contributed by atoms with Crippen LogP contribution in [0, 0.1) is 0 Å². The van der Waals surface area contributed by atoms with Crippen molar-refractivity contribution in [1.82, 2.24) is 30.0 Å². The molecule has 0 bridgehead atoms. The Bertz CT molecular complexity index is 1300. The van der Waals surface area contributed by atoms with Crippen LogP contribution in [0.4, 0.5) is 5.82 Å². The molecule has 0 atom stereocenters. The smallest absolute Gasteiger partial charge is 0.231 e. The lowest BCUT2D eigenvalue weighted by atomic mass is 10.1. The van der Waals surface area contributed by atoms with Gasteiger partial charge >= 0.3 is 0 Å². The van der Waals surface area contributed by atoms with Gasteiger partial charge < -0.3 is 20.0 Å². The van der Waals surface area contributed by atoms with Crippen molar-refractivity contribution < 1.29 is 9.21 Å². The molecule has 3 aromatic heterocycles. The summed E-state index contributed by atoms with van der Waals surface area (Å²) in [6.07, 6.45) is 6.02. The van der Waals surface area contributed by atoms with E-state index in [4.69, 9.17) is 14.4 Å². The predicted octanol–water partition coefficient (Wildman–Crippen LogP) is 3.79. The van der Waals surface area contributed by atoms with Gasteiger partial charge in [-0.15, -0.1) is 0 Å². The zero-order chi connectivity index (χ0) is 24.4. The van der Waals surface area contributed by atoms with Gasteiger partial charge in [-0.1, -0.05) is 12.1 Å². The molecular formula is C26H31N7O2. The molecule has 2 N–H and O–H groups in total. The van der Waals surface area contributed by atoms with Crippen LogP contribution in [-0.2, 0) is 11.3 Å². The van der Waals surface area contributed by atoms with Crippen LogP contribution in [0.5, 0.6) is 0 Å². The first-order valence-corrected chi connectivity index (χ1v) is 12.0. The number of carbonyl (C=O) groups excluding carboxylic acids is 1. The Labute approximate surface area is 204 Å². The first kappa shape index (κ1) is 23.0. The maximum absolute atomic E-state index is 12.5. The van der Waals surface area contributed by atoms with Crippen LogP contribution in [0.2, 0.25) is 0 Å². The van der Waals surface area contributed by atoms with Gasteiger partial charge in [0, 0.05) is 68.2 Å². The fourth-order valence-corrected chi connectivity index (χ4v) is 4.15. The number of aryl methyl sites for hydroxylation is 1. The van der Waals surface area contributed by atoms with Crippen LogP contribution < -0.4 is 10.6 Å². The maximum Gasteiger partial charge on any atom is 0.231 e. The van der Waals surface area contributed by atoms with Gasteiger partial charge in [-0.05, 0) is 39.0 Å². The predicted molar refractivity (Wildman–Crippen MR) is 136 cm³/mol. The number of nitrogens with zero attached hydrogens (tertiary/aromatic N) is 5. The number of nitrogens with one attached hydrogen (secondary N) is 2. The minimum atomic E-state index is -0.183. The van der Waals surface area contributed by atoms with Gasteiger partial charge in [-0.2, -0.15) is 5.10 Å². The Morgan fingerprint density at radius 3 is 2.71 bits per heavy atom. The summed E-state index contributed by atoms with van der Waals surface area (Å²) in [7, 11) is 0. The van der Waals surface area contributed by atoms with Gasteiger partial charge in [-0.3, -0.25) is 9.48 Å². The van der Waals surface area contributed by atoms with Crippen molar-refractivity contribution in [3.8, 4) is 22.6 Å². The zero-order valence-electron chi connectivity index (χ0n) is 20.4. The number of anilines is 1. The standard InChI is InChI=1S/C26H31N7O2/c1-26(2,3)31-24-20(25-30-21-6-4-5-7-22(21)35-25)14-18(15-28-24)19-16-29-33(17-19)11-8-23(34)32-12-9-27-10-13-32/h4-7,14-17,27H,8-13H2,1-3H3,(H,28,31). The summed E-state index contributed by atoms with van der Waals surface area (Å²) in [5.74, 6) is 1.39. The molecule has 4 heterocycles. The first-order valence-electron chi connectivity index (χ1n) is 12.0. The van der Waals surface area contributed by atoms with E-state index in [1.165, 1.54) is 0 Å². The second kappa shape index (κ2) is 9.50. The number of hydrogen-bond donors (Lipinski definition) is 2. The van der Waals surface area contributed by atoms with Crippen LogP contribution in [0.15, 0.2) is 53.3 Å². The number of oxazole rings is 1. The second-order valence-corrected chi connectivity index (χ2v) is 9.85. The molecule has 5 rings (SSSR count). The molecule has 1 saturated heterocycles. The Balaban J connectivity index is 1.39. The van der Waals surface area contributed by atoms with E-state index in [1.54, 1.807) is 6.20 Å². The number of benzene rings is 1. The molecule has 0 spiro atoms. The van der Waals surface area contributed by atoms with Crippen molar-refractivity contribution >= 4 is 22.8 Å². The normalized spacial score (nSPS) is 14.4. The topological polar surface area (TPSA) is 101 Å². The summed E-state index contributed by atoms with van der Waals surface area (Å²) < 4.78 is 7.88. The van der Waals surface area contributed by atoms with Crippen molar-refractivity contribution in [2.45, 2.75) is 39.3 Å². The number of pyridine rings is 1. The Hall–Kier alpha value is -3.72. The fourth-order valence-electron chi connectivity index (χ4n) is 4.15. The Morgan fingerprint density at radius 1 is 1.14 bits per heavy atom. The highest BCUT2D eigenvalue weighted by atomic mass is 16.3. The van der Waals surface area contributed by atoms with Gasteiger partial charge in [0.25, 0.3) is 0 Å². The molecule has 4 aromatic rings. The number of rotatable bonds is 6. The minimum Gasteiger partial charge on any atom is -0.436 e. The fraction of sp³-hybridized carbons (Fsp3) is 0.385. The summed E-state index contributed by atoms with van der Waals surface area (Å²) >= 11 is 0. The van der Waals surface area contributed by atoms with Gasteiger partial charge in [-0.25, -0.2) is 9.97 Å². The van der Waals surface area contributed by atoms with Crippen LogP contribution in [-0.4, -0.2) is 62.3 Å². The van der Waals surface area contributed by atoms with Crippen molar-refractivity contribution in [1.29, 1.82) is 0 Å². The average Bonchev–Trinajstić information content (AvgIpc) is 3.49. The van der Waals surface area contributed by atoms with E-state index < -0.39 is 0 Å². The van der Waals surface area contributed by atoms with E-state index in [0.717, 1.165) is 54.0 Å². The molecule has 1 aliphatic heterocycles. The maximum atomic E-state index is 12.5. The summed E-state index contributed by atoms with van der Waals surface area (Å²) in [6, 6.07) is 9.74. The number of para-hydroxylation sites is 2. The van der Waals surface area contributed by atoms with Gasteiger partial charge in [0.1, 0.15) is 11.3 Å². The van der Waals surface area contributed by atoms with E-state index in [2.05, 4.69) is 36.5 Å². The summed E-state index contributed by atoms with van der Waals surface area (Å²) in [5, 5.41) is 11.2. The molecule has 0 radical (unpaired) electrons. The number of amides is 1. The number of aromatic nitrogens is 4. The first-order chi connectivity index (χ1) is 16.9. The molecular weight excluding hydrogens is 442 g/mol. The third kappa shape index (κ3) is 5.35. The lowest BCUT2D eigenvalue weighted by Gasteiger charge is -2.27. The molecule has 0 aliphatic carbocycles. The molecule has 0 saturated carbocycles. The zero-order valence-corrected chi connectivity index (χ0v) is 20.4. The molecule has 1 fully saturated rings. The molecule has 1 amide bonds. The average molecular weight is 474 g/mol. The van der Waals surface area contributed by atoms with Gasteiger partial charge in [0.2, 0.25) is 11.8 Å². The Kier molecular flexibility index (Phi) is 6.25. The van der Waals surface area contributed by atoms with Crippen molar-refractivity contribution in [2.24, 2.45) is 0 Å². The highest BCUT2D eigenvalue weighted by Gasteiger charge is 2.20. The van der Waals surface area contributed by atoms with E-state index in [-0.39, 0.29) is 11.4 Å². The number of fused-ring (bicyclic) bond motifs is 1. The number of hydrogen-bond acceptors (Lipinski definition) is 7. The third-order valence-electron chi connectivity index (χ3n) is 5.90. The van der Waals surface area contributed by atoms with Gasteiger partial charge in [0.15, 0.2) is 5.58 Å².